The largest absolute Gasteiger partial charge is 0.399 e. The maximum Gasteiger partial charge on any atom is 0.130 e. The Morgan fingerprint density at radius 3 is 2.37 bits per heavy atom. The average Bonchev–Trinajstić information content (AvgIpc) is 2.31. The van der Waals surface area contributed by atoms with Gasteiger partial charge in [-0.1, -0.05) is 6.07 Å². The van der Waals surface area contributed by atoms with E-state index in [0.717, 1.165) is 18.2 Å². The van der Waals surface area contributed by atoms with Crippen molar-refractivity contribution < 1.29 is 17.4 Å². The third-order valence-electron chi connectivity index (χ3n) is 2.46. The zero-order valence-corrected chi connectivity index (χ0v) is 10.5. The Hall–Kier alpha value is -1.82. The van der Waals surface area contributed by atoms with E-state index in [1.54, 1.807) is 0 Å². The van der Waals surface area contributed by atoms with Crippen molar-refractivity contribution in [1.82, 2.24) is 0 Å². The van der Waals surface area contributed by atoms with E-state index in [-0.39, 0.29) is 21.9 Å². The topological polar surface area (TPSA) is 43.1 Å². The number of halogens is 3. The third kappa shape index (κ3) is 3.35. The third-order valence-corrected chi connectivity index (χ3v) is 3.79. The number of hydrogen-bond donors (Lipinski definition) is 1. The lowest BCUT2D eigenvalue weighted by Crippen LogP contribution is -2.01. The van der Waals surface area contributed by atoms with Crippen molar-refractivity contribution in [2.45, 2.75) is 10.6 Å². The Morgan fingerprint density at radius 1 is 1.00 bits per heavy atom. The number of nitrogens with two attached hydrogens (primary N) is 1. The Labute approximate surface area is 110 Å². The van der Waals surface area contributed by atoms with E-state index in [4.69, 9.17) is 5.73 Å². The molecule has 2 aromatic carbocycles. The van der Waals surface area contributed by atoms with E-state index >= 15 is 0 Å². The molecule has 0 fully saturated rings. The molecule has 0 heterocycles. The zero-order chi connectivity index (χ0) is 14.0. The van der Waals surface area contributed by atoms with Crippen molar-refractivity contribution in [3.05, 3.63) is 59.4 Å². The van der Waals surface area contributed by atoms with Crippen LogP contribution in [-0.4, -0.2) is 4.21 Å². The van der Waals surface area contributed by atoms with Crippen LogP contribution in [0.4, 0.5) is 18.9 Å². The van der Waals surface area contributed by atoms with E-state index < -0.39 is 28.3 Å². The smallest absolute Gasteiger partial charge is 0.130 e. The van der Waals surface area contributed by atoms with Gasteiger partial charge in [0.1, 0.15) is 17.5 Å². The first kappa shape index (κ1) is 13.6. The van der Waals surface area contributed by atoms with Crippen molar-refractivity contribution in [3.8, 4) is 0 Å². The number of anilines is 1. The SMILES string of the molecule is Nc1cc(F)cc(S(=O)Cc2ccc(F)cc2F)c1. The van der Waals surface area contributed by atoms with Crippen molar-refractivity contribution in [1.29, 1.82) is 0 Å². The lowest BCUT2D eigenvalue weighted by molar-refractivity contribution is 0.575. The summed E-state index contributed by atoms with van der Waals surface area (Å²) in [6.07, 6.45) is 0. The molecule has 6 heteroatoms. The summed E-state index contributed by atoms with van der Waals surface area (Å²) < 4.78 is 51.2. The van der Waals surface area contributed by atoms with Crippen LogP contribution in [0.25, 0.3) is 0 Å². The quantitative estimate of drug-likeness (QED) is 0.881. The first-order valence-electron chi connectivity index (χ1n) is 5.34. The Kier molecular flexibility index (Phi) is 3.90. The van der Waals surface area contributed by atoms with Gasteiger partial charge in [0.25, 0.3) is 0 Å². The fourth-order valence-corrected chi connectivity index (χ4v) is 2.77. The van der Waals surface area contributed by atoms with Gasteiger partial charge in [-0.05, 0) is 24.3 Å². The standard InChI is InChI=1S/C13H10F3NOS/c14-9-2-1-8(13(16)5-9)7-19(18)12-4-10(15)3-11(17)6-12/h1-6H,7,17H2. The molecule has 0 bridgehead atoms. The molecule has 0 aliphatic heterocycles. The van der Waals surface area contributed by atoms with Gasteiger partial charge in [-0.2, -0.15) is 0 Å². The lowest BCUT2D eigenvalue weighted by Gasteiger charge is -2.05. The fraction of sp³-hybridized carbons (Fsp3) is 0.0769. The summed E-state index contributed by atoms with van der Waals surface area (Å²) in [5.74, 6) is -2.27. The van der Waals surface area contributed by atoms with Crippen molar-refractivity contribution in [2.75, 3.05) is 5.73 Å². The van der Waals surface area contributed by atoms with Crippen LogP contribution in [0.2, 0.25) is 0 Å². The molecule has 0 spiro atoms. The van der Waals surface area contributed by atoms with Crippen LogP contribution in [0.1, 0.15) is 5.56 Å². The molecule has 1 unspecified atom stereocenters. The minimum Gasteiger partial charge on any atom is -0.399 e. The molecule has 0 radical (unpaired) electrons. The van der Waals surface area contributed by atoms with Gasteiger partial charge in [0.05, 0.1) is 16.6 Å². The molecule has 0 aliphatic carbocycles. The van der Waals surface area contributed by atoms with Gasteiger partial charge in [-0.25, -0.2) is 13.2 Å². The zero-order valence-electron chi connectivity index (χ0n) is 9.70. The van der Waals surface area contributed by atoms with Gasteiger partial charge in [-0.15, -0.1) is 0 Å². The average molecular weight is 285 g/mol. The second kappa shape index (κ2) is 5.44. The number of benzene rings is 2. The van der Waals surface area contributed by atoms with E-state index in [9.17, 15) is 17.4 Å². The summed E-state index contributed by atoms with van der Waals surface area (Å²) >= 11 is 0. The van der Waals surface area contributed by atoms with Gasteiger partial charge in [0, 0.05) is 22.2 Å². The van der Waals surface area contributed by atoms with Crippen LogP contribution < -0.4 is 5.73 Å². The Bertz CT molecular complexity index is 626. The molecule has 2 aromatic rings. The summed E-state index contributed by atoms with van der Waals surface area (Å²) in [5, 5.41) is 0. The highest BCUT2D eigenvalue weighted by Gasteiger charge is 2.11. The summed E-state index contributed by atoms with van der Waals surface area (Å²) in [4.78, 5) is 0.168. The van der Waals surface area contributed by atoms with Gasteiger partial charge in [0.15, 0.2) is 0 Å². The summed E-state index contributed by atoms with van der Waals surface area (Å²) in [7, 11) is -1.65. The van der Waals surface area contributed by atoms with Gasteiger partial charge < -0.3 is 5.73 Å². The Balaban J connectivity index is 2.25. The van der Waals surface area contributed by atoms with Crippen LogP contribution in [0.5, 0.6) is 0 Å². The van der Waals surface area contributed by atoms with Crippen molar-refractivity contribution >= 4 is 16.5 Å². The Morgan fingerprint density at radius 2 is 1.74 bits per heavy atom. The lowest BCUT2D eigenvalue weighted by atomic mass is 10.2. The summed E-state index contributed by atoms with van der Waals surface area (Å²) in [6.45, 7) is 0. The molecule has 19 heavy (non-hydrogen) atoms. The molecule has 0 amide bonds. The molecular weight excluding hydrogens is 275 g/mol. The molecule has 2 N–H and O–H groups in total. The van der Waals surface area contributed by atoms with Crippen molar-refractivity contribution in [3.63, 3.8) is 0 Å². The van der Waals surface area contributed by atoms with Gasteiger partial charge in [0.2, 0.25) is 0 Å². The van der Waals surface area contributed by atoms with E-state index in [1.807, 2.05) is 0 Å². The molecule has 100 valence electrons. The van der Waals surface area contributed by atoms with E-state index in [0.29, 0.717) is 6.07 Å². The number of rotatable bonds is 3. The molecule has 0 aliphatic rings. The highest BCUT2D eigenvalue weighted by atomic mass is 32.2. The second-order valence-electron chi connectivity index (χ2n) is 3.95. The molecule has 2 nitrogen and oxygen atoms in total. The summed E-state index contributed by atoms with van der Waals surface area (Å²) in [6, 6.07) is 6.54. The minimum absolute atomic E-state index is 0.0996. The van der Waals surface area contributed by atoms with E-state index in [1.165, 1.54) is 12.1 Å². The molecule has 0 aromatic heterocycles. The molecule has 2 rings (SSSR count). The monoisotopic (exact) mass is 285 g/mol. The van der Waals surface area contributed by atoms with Crippen LogP contribution in [0, 0.1) is 17.5 Å². The van der Waals surface area contributed by atoms with Crippen LogP contribution >= 0.6 is 0 Å². The number of nitrogen functional groups attached to an aromatic ring is 1. The molecule has 0 saturated carbocycles. The molecule has 1 atom stereocenters. The first-order chi connectivity index (χ1) is 8.95. The molecular formula is C13H10F3NOS. The fourth-order valence-electron chi connectivity index (χ4n) is 1.58. The second-order valence-corrected chi connectivity index (χ2v) is 5.40. The highest BCUT2D eigenvalue weighted by molar-refractivity contribution is 7.84. The first-order valence-corrected chi connectivity index (χ1v) is 6.66. The van der Waals surface area contributed by atoms with Crippen molar-refractivity contribution in [2.24, 2.45) is 0 Å². The predicted molar refractivity (Wildman–Crippen MR) is 67.3 cm³/mol. The van der Waals surface area contributed by atoms with Crippen LogP contribution in [0.3, 0.4) is 0 Å². The molecule has 0 saturated heterocycles. The van der Waals surface area contributed by atoms with Crippen LogP contribution in [0.15, 0.2) is 41.3 Å². The minimum atomic E-state index is -1.65. The van der Waals surface area contributed by atoms with Gasteiger partial charge >= 0.3 is 0 Å². The number of hydrogen-bond acceptors (Lipinski definition) is 2. The van der Waals surface area contributed by atoms with Crippen LogP contribution in [-0.2, 0) is 16.6 Å². The highest BCUT2D eigenvalue weighted by Crippen LogP contribution is 2.19. The summed E-state index contributed by atoms with van der Waals surface area (Å²) in [5.41, 5.74) is 5.68. The van der Waals surface area contributed by atoms with E-state index in [2.05, 4.69) is 0 Å². The maximum atomic E-state index is 13.4. The predicted octanol–water partition coefficient (Wildman–Crippen LogP) is 2.99. The maximum absolute atomic E-state index is 13.4. The normalized spacial score (nSPS) is 12.4. The van der Waals surface area contributed by atoms with Gasteiger partial charge in [-0.3, -0.25) is 4.21 Å².